The maximum Gasteiger partial charge on any atom is 0.124 e. The molecule has 2 heteroatoms. The van der Waals surface area contributed by atoms with Gasteiger partial charge in [0, 0.05) is 17.8 Å². The molecule has 0 saturated carbocycles. The van der Waals surface area contributed by atoms with E-state index < -0.39 is 0 Å². The van der Waals surface area contributed by atoms with E-state index in [9.17, 15) is 0 Å². The summed E-state index contributed by atoms with van der Waals surface area (Å²) in [5.74, 6) is 0.928. The maximum absolute atomic E-state index is 6.03. The summed E-state index contributed by atoms with van der Waals surface area (Å²) in [5, 5.41) is 3.43. The first-order valence-corrected chi connectivity index (χ1v) is 7.86. The van der Waals surface area contributed by atoms with Gasteiger partial charge in [0.05, 0.1) is 0 Å². The van der Waals surface area contributed by atoms with Crippen molar-refractivity contribution < 1.29 is 4.74 Å². The SMILES string of the molecule is Cc1cccc(COc2ccccc2CNc2ccccc2)c1. The van der Waals surface area contributed by atoms with Gasteiger partial charge < -0.3 is 10.1 Å². The Labute approximate surface area is 137 Å². The fourth-order valence-corrected chi connectivity index (χ4v) is 2.51. The van der Waals surface area contributed by atoms with Crippen molar-refractivity contribution in [3.05, 3.63) is 95.6 Å². The van der Waals surface area contributed by atoms with Crippen LogP contribution in [0.15, 0.2) is 78.9 Å². The molecule has 3 rings (SSSR count). The monoisotopic (exact) mass is 303 g/mol. The topological polar surface area (TPSA) is 21.3 Å². The van der Waals surface area contributed by atoms with Crippen LogP contribution in [0, 0.1) is 6.92 Å². The van der Waals surface area contributed by atoms with E-state index in [1.807, 2.05) is 36.4 Å². The number of anilines is 1. The Balaban J connectivity index is 1.65. The first-order chi connectivity index (χ1) is 11.3. The Kier molecular flexibility index (Phi) is 4.95. The third-order valence-corrected chi connectivity index (χ3v) is 3.71. The lowest BCUT2D eigenvalue weighted by atomic mass is 10.1. The zero-order valence-electron chi connectivity index (χ0n) is 13.3. The van der Waals surface area contributed by atoms with Crippen LogP contribution in [0.1, 0.15) is 16.7 Å². The zero-order chi connectivity index (χ0) is 15.9. The third kappa shape index (κ3) is 4.36. The van der Waals surface area contributed by atoms with Crippen LogP contribution < -0.4 is 10.1 Å². The number of hydrogen-bond acceptors (Lipinski definition) is 2. The number of rotatable bonds is 6. The van der Waals surface area contributed by atoms with Crippen LogP contribution in [0.2, 0.25) is 0 Å². The van der Waals surface area contributed by atoms with E-state index in [2.05, 4.69) is 54.7 Å². The van der Waals surface area contributed by atoms with Crippen molar-refractivity contribution in [1.82, 2.24) is 0 Å². The Morgan fingerprint density at radius 1 is 0.826 bits per heavy atom. The molecule has 23 heavy (non-hydrogen) atoms. The molecule has 116 valence electrons. The average Bonchev–Trinajstić information content (AvgIpc) is 2.60. The second-order valence-corrected chi connectivity index (χ2v) is 5.61. The number of aryl methyl sites for hydroxylation is 1. The van der Waals surface area contributed by atoms with Crippen molar-refractivity contribution in [2.75, 3.05) is 5.32 Å². The van der Waals surface area contributed by atoms with Crippen LogP contribution in [0.25, 0.3) is 0 Å². The molecular formula is C21H21NO. The molecule has 0 bridgehead atoms. The second-order valence-electron chi connectivity index (χ2n) is 5.61. The highest BCUT2D eigenvalue weighted by molar-refractivity contribution is 5.45. The Bertz CT molecular complexity index is 753. The fourth-order valence-electron chi connectivity index (χ4n) is 2.51. The summed E-state index contributed by atoms with van der Waals surface area (Å²) in [6.45, 7) is 3.43. The highest BCUT2D eigenvalue weighted by Gasteiger charge is 2.03. The van der Waals surface area contributed by atoms with Gasteiger partial charge in [0.1, 0.15) is 12.4 Å². The smallest absolute Gasteiger partial charge is 0.124 e. The summed E-state index contributed by atoms with van der Waals surface area (Å²) < 4.78 is 6.03. The van der Waals surface area contributed by atoms with Crippen LogP contribution in [-0.2, 0) is 13.2 Å². The fraction of sp³-hybridized carbons (Fsp3) is 0.143. The molecule has 0 heterocycles. The van der Waals surface area contributed by atoms with Gasteiger partial charge in [-0.3, -0.25) is 0 Å². The number of para-hydroxylation sites is 2. The first kappa shape index (κ1) is 15.2. The summed E-state index contributed by atoms with van der Waals surface area (Å²) in [6.07, 6.45) is 0. The van der Waals surface area contributed by atoms with Crippen LogP contribution in [0.3, 0.4) is 0 Å². The van der Waals surface area contributed by atoms with Gasteiger partial charge in [0.2, 0.25) is 0 Å². The largest absolute Gasteiger partial charge is 0.489 e. The molecule has 3 aromatic rings. The van der Waals surface area contributed by atoms with Gasteiger partial charge in [-0.05, 0) is 30.7 Å². The molecule has 0 radical (unpaired) electrons. The van der Waals surface area contributed by atoms with Crippen molar-refractivity contribution in [2.45, 2.75) is 20.1 Å². The molecule has 0 aliphatic carbocycles. The van der Waals surface area contributed by atoms with Crippen LogP contribution in [-0.4, -0.2) is 0 Å². The Morgan fingerprint density at radius 3 is 2.43 bits per heavy atom. The minimum absolute atomic E-state index is 0.587. The standard InChI is InChI=1S/C21H21NO/c1-17-8-7-9-18(14-17)16-23-21-13-6-5-10-19(21)15-22-20-11-3-2-4-12-20/h2-14,22H,15-16H2,1H3. The lowest BCUT2D eigenvalue weighted by Crippen LogP contribution is -2.03. The van der Waals surface area contributed by atoms with E-state index >= 15 is 0 Å². The average molecular weight is 303 g/mol. The molecule has 0 aliphatic rings. The van der Waals surface area contributed by atoms with E-state index in [1.165, 1.54) is 11.1 Å². The van der Waals surface area contributed by atoms with E-state index in [-0.39, 0.29) is 0 Å². The second kappa shape index (κ2) is 7.50. The molecule has 0 aliphatic heterocycles. The van der Waals surface area contributed by atoms with Gasteiger partial charge in [-0.1, -0.05) is 66.2 Å². The van der Waals surface area contributed by atoms with E-state index in [0.29, 0.717) is 6.61 Å². The zero-order valence-corrected chi connectivity index (χ0v) is 13.3. The number of ether oxygens (including phenoxy) is 1. The minimum atomic E-state index is 0.587. The van der Waals surface area contributed by atoms with Crippen LogP contribution in [0.5, 0.6) is 5.75 Å². The molecule has 0 amide bonds. The van der Waals surface area contributed by atoms with Gasteiger partial charge in [0.25, 0.3) is 0 Å². The number of hydrogen-bond donors (Lipinski definition) is 1. The van der Waals surface area contributed by atoms with Gasteiger partial charge in [-0.25, -0.2) is 0 Å². The van der Waals surface area contributed by atoms with Crippen molar-refractivity contribution in [1.29, 1.82) is 0 Å². The highest BCUT2D eigenvalue weighted by atomic mass is 16.5. The van der Waals surface area contributed by atoms with Gasteiger partial charge >= 0.3 is 0 Å². The molecule has 0 aromatic heterocycles. The van der Waals surface area contributed by atoms with Crippen LogP contribution in [0.4, 0.5) is 5.69 Å². The predicted molar refractivity (Wildman–Crippen MR) is 95.7 cm³/mol. The summed E-state index contributed by atoms with van der Waals surface area (Å²) in [7, 11) is 0. The third-order valence-electron chi connectivity index (χ3n) is 3.71. The molecule has 1 N–H and O–H groups in total. The molecule has 0 unspecified atom stereocenters. The van der Waals surface area contributed by atoms with Gasteiger partial charge in [0.15, 0.2) is 0 Å². The summed E-state index contributed by atoms with van der Waals surface area (Å²) in [4.78, 5) is 0. The van der Waals surface area contributed by atoms with Gasteiger partial charge in [-0.15, -0.1) is 0 Å². The lowest BCUT2D eigenvalue weighted by molar-refractivity contribution is 0.303. The van der Waals surface area contributed by atoms with Gasteiger partial charge in [-0.2, -0.15) is 0 Å². The van der Waals surface area contributed by atoms with Crippen molar-refractivity contribution >= 4 is 5.69 Å². The first-order valence-electron chi connectivity index (χ1n) is 7.86. The molecule has 0 fully saturated rings. The quantitative estimate of drug-likeness (QED) is 0.677. The van der Waals surface area contributed by atoms with E-state index in [1.54, 1.807) is 0 Å². The molecular weight excluding hydrogens is 282 g/mol. The molecule has 0 saturated heterocycles. The molecule has 0 atom stereocenters. The molecule has 2 nitrogen and oxygen atoms in total. The van der Waals surface area contributed by atoms with Crippen molar-refractivity contribution in [3.63, 3.8) is 0 Å². The normalized spacial score (nSPS) is 10.3. The minimum Gasteiger partial charge on any atom is -0.489 e. The summed E-state index contributed by atoms with van der Waals surface area (Å²) in [6, 6.07) is 26.8. The molecule has 3 aromatic carbocycles. The summed E-state index contributed by atoms with van der Waals surface area (Å²) >= 11 is 0. The van der Waals surface area contributed by atoms with E-state index in [0.717, 1.165) is 23.5 Å². The van der Waals surface area contributed by atoms with E-state index in [4.69, 9.17) is 4.74 Å². The number of nitrogens with one attached hydrogen (secondary N) is 1. The Hall–Kier alpha value is -2.74. The molecule has 0 spiro atoms. The highest BCUT2D eigenvalue weighted by Crippen LogP contribution is 2.21. The van der Waals surface area contributed by atoms with Crippen LogP contribution >= 0.6 is 0 Å². The Morgan fingerprint density at radius 2 is 1.61 bits per heavy atom. The lowest BCUT2D eigenvalue weighted by Gasteiger charge is -2.13. The predicted octanol–water partition coefficient (Wildman–Crippen LogP) is 5.19. The van der Waals surface area contributed by atoms with Crippen molar-refractivity contribution in [2.24, 2.45) is 0 Å². The number of benzene rings is 3. The maximum atomic E-state index is 6.03. The summed E-state index contributed by atoms with van der Waals surface area (Å²) in [5.41, 5.74) is 4.71. The van der Waals surface area contributed by atoms with Crippen molar-refractivity contribution in [3.8, 4) is 5.75 Å².